The van der Waals surface area contributed by atoms with Gasteiger partial charge in [0, 0.05) is 18.1 Å². The minimum absolute atomic E-state index is 0.625. The van der Waals surface area contributed by atoms with Crippen LogP contribution in [-0.2, 0) is 0 Å². The molecule has 1 saturated heterocycles. The van der Waals surface area contributed by atoms with Crippen LogP contribution in [0.2, 0.25) is 0 Å². The molecule has 0 aromatic heterocycles. The molecule has 1 aliphatic carbocycles. The highest BCUT2D eigenvalue weighted by molar-refractivity contribution is 4.92. The van der Waals surface area contributed by atoms with Gasteiger partial charge in [0.15, 0.2) is 0 Å². The van der Waals surface area contributed by atoms with Gasteiger partial charge in [-0.2, -0.15) is 0 Å². The quantitative estimate of drug-likeness (QED) is 0.806. The molecule has 3 heteroatoms. The van der Waals surface area contributed by atoms with E-state index in [0.29, 0.717) is 6.04 Å². The fourth-order valence-corrected chi connectivity index (χ4v) is 3.39. The summed E-state index contributed by atoms with van der Waals surface area (Å²) >= 11 is 0. The standard InChI is InChI=1S/C15H31N3/c1-12(2)16-11-13-5-6-15(13)18(4)14-7-9-17(3)10-8-14/h12-16H,5-11H2,1-4H3. The van der Waals surface area contributed by atoms with Gasteiger partial charge in [0.1, 0.15) is 0 Å². The first kappa shape index (κ1) is 14.3. The van der Waals surface area contributed by atoms with Gasteiger partial charge >= 0.3 is 0 Å². The van der Waals surface area contributed by atoms with Crippen LogP contribution < -0.4 is 5.32 Å². The topological polar surface area (TPSA) is 18.5 Å². The van der Waals surface area contributed by atoms with E-state index < -0.39 is 0 Å². The van der Waals surface area contributed by atoms with Crippen LogP contribution in [0.1, 0.15) is 39.5 Å². The number of nitrogens with one attached hydrogen (secondary N) is 1. The van der Waals surface area contributed by atoms with Gasteiger partial charge in [-0.15, -0.1) is 0 Å². The van der Waals surface area contributed by atoms with Crippen molar-refractivity contribution in [3.8, 4) is 0 Å². The lowest BCUT2D eigenvalue weighted by Gasteiger charge is -2.48. The molecule has 2 unspecified atom stereocenters. The maximum atomic E-state index is 3.61. The van der Waals surface area contributed by atoms with Gasteiger partial charge in [0.25, 0.3) is 0 Å². The van der Waals surface area contributed by atoms with E-state index in [4.69, 9.17) is 0 Å². The van der Waals surface area contributed by atoms with Crippen LogP contribution in [0.4, 0.5) is 0 Å². The lowest BCUT2D eigenvalue weighted by molar-refractivity contribution is 0.0259. The van der Waals surface area contributed by atoms with Crippen molar-refractivity contribution >= 4 is 0 Å². The summed E-state index contributed by atoms with van der Waals surface area (Å²) in [5.41, 5.74) is 0. The molecule has 1 aliphatic heterocycles. The molecule has 0 radical (unpaired) electrons. The Hall–Kier alpha value is -0.120. The van der Waals surface area contributed by atoms with Crippen LogP contribution in [-0.4, -0.2) is 61.7 Å². The summed E-state index contributed by atoms with van der Waals surface area (Å²) in [7, 11) is 4.61. The molecule has 0 amide bonds. The van der Waals surface area contributed by atoms with Crippen LogP contribution in [0.15, 0.2) is 0 Å². The summed E-state index contributed by atoms with van der Waals surface area (Å²) in [6, 6.07) is 2.29. The minimum atomic E-state index is 0.625. The Balaban J connectivity index is 1.76. The Morgan fingerprint density at radius 1 is 1.17 bits per heavy atom. The fourth-order valence-electron chi connectivity index (χ4n) is 3.39. The molecule has 2 aliphatic rings. The average molecular weight is 253 g/mol. The average Bonchev–Trinajstić information content (AvgIpc) is 2.28. The van der Waals surface area contributed by atoms with Crippen molar-refractivity contribution in [3.05, 3.63) is 0 Å². The normalized spacial score (nSPS) is 31.0. The fraction of sp³-hybridized carbons (Fsp3) is 1.00. The number of piperidine rings is 1. The SMILES string of the molecule is CC(C)NCC1CCC1N(C)C1CCN(C)CC1. The Bertz CT molecular complexity index is 246. The van der Waals surface area contributed by atoms with E-state index in [-0.39, 0.29) is 0 Å². The third-order valence-corrected chi connectivity index (χ3v) is 4.95. The monoisotopic (exact) mass is 253 g/mol. The Morgan fingerprint density at radius 3 is 2.33 bits per heavy atom. The van der Waals surface area contributed by atoms with Gasteiger partial charge in [-0.05, 0) is 65.3 Å². The third kappa shape index (κ3) is 3.46. The zero-order valence-electron chi connectivity index (χ0n) is 12.7. The van der Waals surface area contributed by atoms with E-state index in [2.05, 4.69) is 43.1 Å². The molecular formula is C15H31N3. The molecule has 0 aromatic carbocycles. The van der Waals surface area contributed by atoms with Crippen LogP contribution in [0.5, 0.6) is 0 Å². The maximum Gasteiger partial charge on any atom is 0.0136 e. The lowest BCUT2D eigenvalue weighted by Crippen LogP contribution is -2.54. The Labute approximate surface area is 113 Å². The molecule has 106 valence electrons. The van der Waals surface area contributed by atoms with Crippen molar-refractivity contribution < 1.29 is 0 Å². The predicted molar refractivity (Wildman–Crippen MR) is 77.9 cm³/mol. The molecular weight excluding hydrogens is 222 g/mol. The maximum absolute atomic E-state index is 3.61. The highest BCUT2D eigenvalue weighted by Gasteiger charge is 2.36. The van der Waals surface area contributed by atoms with Crippen molar-refractivity contribution in [2.75, 3.05) is 33.7 Å². The van der Waals surface area contributed by atoms with Crippen LogP contribution in [0.25, 0.3) is 0 Å². The van der Waals surface area contributed by atoms with Gasteiger partial charge in [-0.3, -0.25) is 0 Å². The van der Waals surface area contributed by atoms with Crippen molar-refractivity contribution in [1.82, 2.24) is 15.1 Å². The zero-order valence-corrected chi connectivity index (χ0v) is 12.7. The Kier molecular flexibility index (Phi) is 5.05. The van der Waals surface area contributed by atoms with E-state index in [1.807, 2.05) is 0 Å². The molecule has 2 fully saturated rings. The Morgan fingerprint density at radius 2 is 1.83 bits per heavy atom. The van der Waals surface area contributed by atoms with E-state index in [1.165, 1.54) is 45.3 Å². The zero-order chi connectivity index (χ0) is 13.1. The smallest absolute Gasteiger partial charge is 0.0136 e. The summed E-state index contributed by atoms with van der Waals surface area (Å²) < 4.78 is 0. The number of likely N-dealkylation sites (tertiary alicyclic amines) is 1. The highest BCUT2D eigenvalue weighted by Crippen LogP contribution is 2.33. The van der Waals surface area contributed by atoms with Crippen molar-refractivity contribution in [3.63, 3.8) is 0 Å². The first-order chi connectivity index (χ1) is 8.58. The molecule has 18 heavy (non-hydrogen) atoms. The summed E-state index contributed by atoms with van der Waals surface area (Å²) in [5.74, 6) is 0.886. The van der Waals surface area contributed by atoms with E-state index in [9.17, 15) is 0 Å². The van der Waals surface area contributed by atoms with Crippen LogP contribution in [0, 0.1) is 5.92 Å². The van der Waals surface area contributed by atoms with Gasteiger partial charge in [-0.1, -0.05) is 13.8 Å². The highest BCUT2D eigenvalue weighted by atomic mass is 15.2. The number of hydrogen-bond donors (Lipinski definition) is 1. The summed E-state index contributed by atoms with van der Waals surface area (Å²) in [6.07, 6.45) is 5.54. The minimum Gasteiger partial charge on any atom is -0.314 e. The summed E-state index contributed by atoms with van der Waals surface area (Å²) in [6.45, 7) is 8.25. The summed E-state index contributed by atoms with van der Waals surface area (Å²) in [5, 5.41) is 3.61. The van der Waals surface area contributed by atoms with E-state index in [1.54, 1.807) is 0 Å². The van der Waals surface area contributed by atoms with Gasteiger partial charge in [0.2, 0.25) is 0 Å². The van der Waals surface area contributed by atoms with E-state index in [0.717, 1.165) is 18.0 Å². The first-order valence-electron chi connectivity index (χ1n) is 7.71. The number of hydrogen-bond acceptors (Lipinski definition) is 3. The largest absolute Gasteiger partial charge is 0.314 e. The molecule has 0 aromatic rings. The molecule has 0 spiro atoms. The van der Waals surface area contributed by atoms with Crippen molar-refractivity contribution in [2.45, 2.75) is 57.7 Å². The van der Waals surface area contributed by atoms with Crippen LogP contribution >= 0.6 is 0 Å². The van der Waals surface area contributed by atoms with Crippen molar-refractivity contribution in [1.29, 1.82) is 0 Å². The second kappa shape index (κ2) is 6.36. The first-order valence-corrected chi connectivity index (χ1v) is 7.71. The molecule has 1 saturated carbocycles. The molecule has 1 N–H and O–H groups in total. The van der Waals surface area contributed by atoms with Gasteiger partial charge in [-0.25, -0.2) is 0 Å². The van der Waals surface area contributed by atoms with E-state index >= 15 is 0 Å². The van der Waals surface area contributed by atoms with Crippen molar-refractivity contribution in [2.24, 2.45) is 5.92 Å². The van der Waals surface area contributed by atoms with Gasteiger partial charge < -0.3 is 15.1 Å². The summed E-state index contributed by atoms with van der Waals surface area (Å²) in [4.78, 5) is 5.16. The lowest BCUT2D eigenvalue weighted by atomic mass is 9.77. The van der Waals surface area contributed by atoms with Gasteiger partial charge in [0.05, 0.1) is 0 Å². The molecule has 3 nitrogen and oxygen atoms in total. The molecule has 2 rings (SSSR count). The second-order valence-corrected chi connectivity index (χ2v) is 6.67. The molecule has 2 atom stereocenters. The molecule has 0 bridgehead atoms. The number of rotatable bonds is 5. The number of nitrogens with zero attached hydrogens (tertiary/aromatic N) is 2. The van der Waals surface area contributed by atoms with Crippen LogP contribution in [0.3, 0.4) is 0 Å². The third-order valence-electron chi connectivity index (χ3n) is 4.95. The predicted octanol–water partition coefficient (Wildman–Crippen LogP) is 1.79. The molecule has 1 heterocycles. The second-order valence-electron chi connectivity index (χ2n) is 6.67.